The average Bonchev–Trinajstić information content (AvgIpc) is 3.71. The number of halogens is 2. The molecule has 10 nitrogen and oxygen atoms in total. The Labute approximate surface area is 271 Å². The molecule has 0 saturated carbocycles. The molecule has 47 heavy (non-hydrogen) atoms. The highest BCUT2D eigenvalue weighted by atomic mass is 32.2. The molecule has 2 N–H and O–H groups in total. The number of nitrogens with one attached hydrogen (secondary N) is 1. The molecule has 4 aliphatic rings. The molecule has 2 unspecified atom stereocenters. The van der Waals surface area contributed by atoms with Crippen LogP contribution in [0, 0.1) is 24.0 Å². The molecule has 244 valence electrons. The lowest BCUT2D eigenvalue weighted by molar-refractivity contribution is 0.108. The lowest BCUT2D eigenvalue weighted by atomic mass is 9.95. The molecule has 2 bridgehead atoms. The fraction of sp³-hybridized carbons (Fsp3) is 0.441. The Morgan fingerprint density at radius 3 is 2.70 bits per heavy atom. The number of benzene rings is 2. The van der Waals surface area contributed by atoms with E-state index in [9.17, 15) is 17.9 Å². The summed E-state index contributed by atoms with van der Waals surface area (Å²) in [5.74, 6) is 1.28. The Balaban J connectivity index is 1.25. The monoisotopic (exact) mass is 660 g/mol. The number of aromatic nitrogens is 3. The second-order valence-electron chi connectivity index (χ2n) is 13.4. The molecule has 2 aromatic carbocycles. The molecule has 2 aromatic heterocycles. The van der Waals surface area contributed by atoms with E-state index < -0.39 is 32.3 Å². The zero-order valence-corrected chi connectivity index (χ0v) is 26.7. The highest BCUT2D eigenvalue weighted by Crippen LogP contribution is 2.42. The maximum atomic E-state index is 16.8. The van der Waals surface area contributed by atoms with Gasteiger partial charge in [0.25, 0.3) is 0 Å². The van der Waals surface area contributed by atoms with Crippen LogP contribution in [0.5, 0.6) is 11.8 Å². The van der Waals surface area contributed by atoms with E-state index >= 15 is 4.39 Å². The molecule has 8 rings (SSSR count). The second-order valence-corrected chi connectivity index (χ2v) is 15.8. The predicted octanol–water partition coefficient (Wildman–Crippen LogP) is 3.78. The smallest absolute Gasteiger partial charge is 0.319 e. The molecule has 4 aliphatic heterocycles. The van der Waals surface area contributed by atoms with Crippen molar-refractivity contribution in [3.63, 3.8) is 0 Å². The van der Waals surface area contributed by atoms with E-state index in [1.165, 1.54) is 36.7 Å². The van der Waals surface area contributed by atoms with Crippen LogP contribution in [-0.2, 0) is 9.84 Å². The van der Waals surface area contributed by atoms with Crippen LogP contribution in [0.1, 0.15) is 37.7 Å². The molecule has 4 saturated heterocycles. The Kier molecular flexibility index (Phi) is 7.05. The van der Waals surface area contributed by atoms with Gasteiger partial charge in [0.15, 0.2) is 15.7 Å². The third-order valence-electron chi connectivity index (χ3n) is 10.5. The number of pyridine rings is 1. The Bertz CT molecular complexity index is 2090. The van der Waals surface area contributed by atoms with Crippen molar-refractivity contribution >= 4 is 37.3 Å². The zero-order valence-electron chi connectivity index (χ0n) is 25.8. The van der Waals surface area contributed by atoms with Crippen molar-refractivity contribution < 1.29 is 27.0 Å². The van der Waals surface area contributed by atoms with Gasteiger partial charge in [0.05, 0.1) is 21.7 Å². The average molecular weight is 661 g/mol. The summed E-state index contributed by atoms with van der Waals surface area (Å²) in [6, 6.07) is 5.96. The standard InChI is InChI=1S/C34H34F2N6O4S/c1-3-24-27(35)8-5-19-11-22(43)12-25(28(19)24)30-29(36)31-26(14-37-30)32(41-15-20-6-7-21(16-41)38-20)40-33(39-31)46-18-34-9-4-10-42(34)17-23(13-34)47(2,44)45/h1,5,8,11-12,14,20-21,23,38,43H,4,6-7,9-10,13,15-18H2,2H3/t20-,21+,23?,34?. The molecular formula is C34H34F2N6O4S. The molecule has 0 aliphatic carbocycles. The van der Waals surface area contributed by atoms with Crippen LogP contribution in [0.25, 0.3) is 32.9 Å². The van der Waals surface area contributed by atoms with Gasteiger partial charge in [0, 0.05) is 55.1 Å². The number of hydrogen-bond acceptors (Lipinski definition) is 10. The van der Waals surface area contributed by atoms with Crippen molar-refractivity contribution in [2.75, 3.05) is 43.9 Å². The minimum absolute atomic E-state index is 0.0189. The van der Waals surface area contributed by atoms with E-state index in [-0.39, 0.29) is 58.2 Å². The molecule has 6 heterocycles. The lowest BCUT2D eigenvalue weighted by Crippen LogP contribution is -2.51. The quantitative estimate of drug-likeness (QED) is 0.296. The Hall–Kier alpha value is -4.12. The summed E-state index contributed by atoms with van der Waals surface area (Å²) >= 11 is 0. The van der Waals surface area contributed by atoms with E-state index in [0.717, 1.165) is 32.2 Å². The normalized spacial score (nSPS) is 25.8. The summed E-state index contributed by atoms with van der Waals surface area (Å²) in [5, 5.41) is 14.8. The van der Waals surface area contributed by atoms with Crippen LogP contribution in [-0.4, -0.2) is 95.3 Å². The summed E-state index contributed by atoms with van der Waals surface area (Å²) in [5.41, 5.74) is -0.584. The van der Waals surface area contributed by atoms with Gasteiger partial charge in [-0.2, -0.15) is 9.97 Å². The van der Waals surface area contributed by atoms with Crippen molar-refractivity contribution in [2.45, 2.75) is 55.0 Å². The van der Waals surface area contributed by atoms with Crippen LogP contribution in [0.3, 0.4) is 0 Å². The van der Waals surface area contributed by atoms with Gasteiger partial charge in [-0.05, 0) is 62.2 Å². The Morgan fingerprint density at radius 2 is 1.96 bits per heavy atom. The van der Waals surface area contributed by atoms with E-state index in [2.05, 4.69) is 31.0 Å². The second kappa shape index (κ2) is 11.0. The fourth-order valence-corrected chi connectivity index (χ4v) is 9.25. The number of hydrogen-bond donors (Lipinski definition) is 2. The first kappa shape index (κ1) is 30.2. The van der Waals surface area contributed by atoms with E-state index in [4.69, 9.17) is 16.1 Å². The van der Waals surface area contributed by atoms with Crippen LogP contribution in [0.15, 0.2) is 30.5 Å². The number of phenols is 1. The Morgan fingerprint density at radius 1 is 1.17 bits per heavy atom. The van der Waals surface area contributed by atoms with Gasteiger partial charge in [0.2, 0.25) is 0 Å². The number of rotatable bonds is 6. The first-order chi connectivity index (χ1) is 22.5. The summed E-state index contributed by atoms with van der Waals surface area (Å²) < 4.78 is 62.9. The fourth-order valence-electron chi connectivity index (χ4n) is 8.19. The van der Waals surface area contributed by atoms with Crippen molar-refractivity contribution in [1.29, 1.82) is 0 Å². The maximum absolute atomic E-state index is 16.8. The number of nitrogens with zero attached hydrogens (tertiary/aromatic N) is 5. The van der Waals surface area contributed by atoms with Crippen molar-refractivity contribution in [1.82, 2.24) is 25.2 Å². The number of fused-ring (bicyclic) bond motifs is 5. The highest BCUT2D eigenvalue weighted by Gasteiger charge is 2.51. The van der Waals surface area contributed by atoms with E-state index in [1.54, 1.807) is 0 Å². The van der Waals surface area contributed by atoms with Crippen molar-refractivity contribution in [2.24, 2.45) is 0 Å². The molecule has 4 atom stereocenters. The number of ether oxygens (including phenoxy) is 1. The molecule has 4 aromatic rings. The minimum atomic E-state index is -3.23. The predicted molar refractivity (Wildman–Crippen MR) is 174 cm³/mol. The van der Waals surface area contributed by atoms with Gasteiger partial charge in [-0.25, -0.2) is 17.2 Å². The van der Waals surface area contributed by atoms with Crippen molar-refractivity contribution in [3.05, 3.63) is 47.7 Å². The zero-order chi connectivity index (χ0) is 32.7. The van der Waals surface area contributed by atoms with Crippen molar-refractivity contribution in [3.8, 4) is 35.4 Å². The van der Waals surface area contributed by atoms with Gasteiger partial charge < -0.3 is 20.1 Å². The summed E-state index contributed by atoms with van der Waals surface area (Å²) in [6.45, 7) is 2.74. The summed E-state index contributed by atoms with van der Waals surface area (Å²) in [6.07, 6.45) is 12.7. The van der Waals surface area contributed by atoms with Crippen LogP contribution >= 0.6 is 0 Å². The first-order valence-corrected chi connectivity index (χ1v) is 17.8. The van der Waals surface area contributed by atoms with E-state index in [0.29, 0.717) is 42.6 Å². The highest BCUT2D eigenvalue weighted by molar-refractivity contribution is 7.91. The number of phenolic OH excluding ortho intramolecular Hbond substituents is 1. The van der Waals surface area contributed by atoms with Crippen LogP contribution in [0.2, 0.25) is 0 Å². The largest absolute Gasteiger partial charge is 0.508 e. The number of sulfone groups is 1. The van der Waals surface area contributed by atoms with Gasteiger partial charge in [-0.3, -0.25) is 9.88 Å². The molecule has 0 radical (unpaired) electrons. The van der Waals surface area contributed by atoms with Gasteiger partial charge in [0.1, 0.15) is 35.2 Å². The minimum Gasteiger partial charge on any atom is -0.508 e. The first-order valence-electron chi connectivity index (χ1n) is 15.9. The van der Waals surface area contributed by atoms with Gasteiger partial charge >= 0.3 is 6.01 Å². The van der Waals surface area contributed by atoms with E-state index in [1.807, 2.05) is 0 Å². The van der Waals surface area contributed by atoms with Gasteiger partial charge in [-0.1, -0.05) is 12.0 Å². The third kappa shape index (κ3) is 5.05. The lowest BCUT2D eigenvalue weighted by Gasteiger charge is -2.34. The summed E-state index contributed by atoms with van der Waals surface area (Å²) in [7, 11) is -3.23. The SMILES string of the molecule is C#Cc1c(F)ccc2cc(O)cc(-c3ncc4c(N5C[C@H]6CC[C@@H](C5)N6)nc(OCC56CCCN5CC(S(C)(=O)=O)C6)nc4c3F)c12. The number of anilines is 1. The summed E-state index contributed by atoms with van der Waals surface area (Å²) in [4.78, 5) is 18.2. The molecule has 0 amide bonds. The maximum Gasteiger partial charge on any atom is 0.319 e. The third-order valence-corrected chi connectivity index (χ3v) is 12.0. The van der Waals surface area contributed by atoms with Gasteiger partial charge in [-0.15, -0.1) is 6.42 Å². The molecular weight excluding hydrogens is 626 g/mol. The number of piperazine rings is 1. The molecule has 13 heteroatoms. The number of terminal acetylenes is 1. The number of aromatic hydroxyl groups is 1. The van der Waals surface area contributed by atoms with Crippen LogP contribution < -0.4 is 15.0 Å². The molecule has 0 spiro atoms. The van der Waals surface area contributed by atoms with Crippen LogP contribution in [0.4, 0.5) is 14.6 Å². The topological polar surface area (TPSA) is 121 Å². The molecule has 4 fully saturated rings.